The first kappa shape index (κ1) is 27.0. The van der Waals surface area contributed by atoms with Gasteiger partial charge < -0.3 is 15.5 Å². The maximum atomic E-state index is 13.3. The molecule has 1 aliphatic rings. The molecule has 9 nitrogen and oxygen atoms in total. The van der Waals surface area contributed by atoms with Gasteiger partial charge in [0.15, 0.2) is 16.0 Å². The van der Waals surface area contributed by atoms with Gasteiger partial charge in [-0.25, -0.2) is 8.42 Å². The van der Waals surface area contributed by atoms with Gasteiger partial charge in [0.1, 0.15) is 6.04 Å². The van der Waals surface area contributed by atoms with E-state index in [4.69, 9.17) is 0 Å². The molecule has 10 heteroatoms. The highest BCUT2D eigenvalue weighted by Crippen LogP contribution is 2.33. The van der Waals surface area contributed by atoms with E-state index in [1.807, 2.05) is 54.6 Å². The molecule has 0 fully saturated rings. The zero-order valence-electron chi connectivity index (χ0n) is 21.1. The van der Waals surface area contributed by atoms with Gasteiger partial charge in [-0.3, -0.25) is 19.7 Å². The van der Waals surface area contributed by atoms with E-state index in [0.717, 1.165) is 16.8 Å². The molecule has 4 rings (SSSR count). The van der Waals surface area contributed by atoms with Crippen molar-refractivity contribution in [2.45, 2.75) is 36.5 Å². The van der Waals surface area contributed by atoms with Crippen LogP contribution in [0.4, 0.5) is 5.69 Å². The normalized spacial score (nSPS) is 18.2. The molecule has 0 saturated heterocycles. The second-order valence-electron chi connectivity index (χ2n) is 9.08. The van der Waals surface area contributed by atoms with Crippen LogP contribution in [0.15, 0.2) is 89.8 Å². The van der Waals surface area contributed by atoms with Gasteiger partial charge in [0.05, 0.1) is 16.7 Å². The molecule has 3 aromatic rings. The summed E-state index contributed by atoms with van der Waals surface area (Å²) in [4.78, 5) is 40.4. The number of sulfone groups is 1. The Hall–Kier alpha value is -4.02. The van der Waals surface area contributed by atoms with E-state index in [2.05, 4.69) is 16.0 Å². The van der Waals surface area contributed by atoms with E-state index in [0.29, 0.717) is 0 Å². The highest BCUT2D eigenvalue weighted by Gasteiger charge is 2.35. The van der Waals surface area contributed by atoms with Gasteiger partial charge in [0, 0.05) is 19.2 Å². The third kappa shape index (κ3) is 6.09. The maximum Gasteiger partial charge on any atom is 0.264 e. The van der Waals surface area contributed by atoms with E-state index in [-0.39, 0.29) is 29.0 Å². The molecular formula is C28H30N4O5S. The molecule has 198 valence electrons. The standard InChI is InChI=1S/C28H30N4O5S/c1-19(29-24(33)17-18-38(36,37)21-13-7-4-8-14-21)27(34)31-26-28(35)32(2)23-16-10-9-15-22(23)25(30-26)20-11-5-3-6-12-20/h3-16,19,25-26,30H,17-18H2,1-2H3,(H,29,33)(H,31,34). The van der Waals surface area contributed by atoms with Crippen molar-refractivity contribution in [2.24, 2.45) is 0 Å². The number of benzene rings is 3. The Morgan fingerprint density at radius 2 is 1.55 bits per heavy atom. The average molecular weight is 535 g/mol. The van der Waals surface area contributed by atoms with Gasteiger partial charge in [-0.05, 0) is 36.2 Å². The Balaban J connectivity index is 1.43. The van der Waals surface area contributed by atoms with E-state index < -0.39 is 33.9 Å². The number of hydrogen-bond acceptors (Lipinski definition) is 6. The van der Waals surface area contributed by atoms with Crippen LogP contribution in [0.25, 0.3) is 0 Å². The summed E-state index contributed by atoms with van der Waals surface area (Å²) in [5.41, 5.74) is 2.52. The van der Waals surface area contributed by atoms with Crippen LogP contribution in [0.3, 0.4) is 0 Å². The quantitative estimate of drug-likeness (QED) is 0.407. The number of nitrogens with zero attached hydrogens (tertiary/aromatic N) is 1. The van der Waals surface area contributed by atoms with Crippen LogP contribution >= 0.6 is 0 Å². The first-order valence-electron chi connectivity index (χ1n) is 12.2. The Labute approximate surface area is 222 Å². The van der Waals surface area contributed by atoms with Crippen LogP contribution in [0.2, 0.25) is 0 Å². The zero-order chi connectivity index (χ0) is 27.3. The molecule has 1 heterocycles. The Morgan fingerprint density at radius 3 is 2.24 bits per heavy atom. The second kappa shape index (κ2) is 11.6. The van der Waals surface area contributed by atoms with Crippen molar-refractivity contribution in [2.75, 3.05) is 17.7 Å². The maximum absolute atomic E-state index is 13.3. The number of anilines is 1. The predicted octanol–water partition coefficient (Wildman–Crippen LogP) is 2.15. The van der Waals surface area contributed by atoms with Gasteiger partial charge in [-0.2, -0.15) is 0 Å². The topological polar surface area (TPSA) is 125 Å². The summed E-state index contributed by atoms with van der Waals surface area (Å²) in [7, 11) is -1.99. The lowest BCUT2D eigenvalue weighted by Gasteiger charge is -2.25. The molecule has 0 saturated carbocycles. The predicted molar refractivity (Wildman–Crippen MR) is 144 cm³/mol. The van der Waals surface area contributed by atoms with Crippen molar-refractivity contribution in [3.63, 3.8) is 0 Å². The molecule has 1 aliphatic heterocycles. The number of carbonyl (C=O) groups excluding carboxylic acids is 3. The van der Waals surface area contributed by atoms with Crippen molar-refractivity contribution in [3.8, 4) is 0 Å². The third-order valence-corrected chi connectivity index (χ3v) is 8.14. The first-order chi connectivity index (χ1) is 18.2. The van der Waals surface area contributed by atoms with Crippen LogP contribution in [0.5, 0.6) is 0 Å². The number of amides is 3. The van der Waals surface area contributed by atoms with E-state index >= 15 is 0 Å². The number of carbonyl (C=O) groups is 3. The summed E-state index contributed by atoms with van der Waals surface area (Å²) in [5.74, 6) is -1.92. The fourth-order valence-electron chi connectivity index (χ4n) is 4.32. The lowest BCUT2D eigenvalue weighted by atomic mass is 9.97. The summed E-state index contributed by atoms with van der Waals surface area (Å²) in [6, 6.07) is 23.6. The summed E-state index contributed by atoms with van der Waals surface area (Å²) in [5, 5.41) is 8.49. The SMILES string of the molecule is CC(NC(=O)CCS(=O)(=O)c1ccccc1)C(=O)NC1NC(c2ccccc2)c2ccccc2N(C)C1=O. The van der Waals surface area contributed by atoms with Gasteiger partial charge >= 0.3 is 0 Å². The molecule has 3 unspecified atom stereocenters. The van der Waals surface area contributed by atoms with E-state index in [1.54, 1.807) is 25.2 Å². The number of hydrogen-bond donors (Lipinski definition) is 3. The number of nitrogens with one attached hydrogen (secondary N) is 3. The van der Waals surface area contributed by atoms with Gasteiger partial charge in [-0.15, -0.1) is 0 Å². The molecule has 3 atom stereocenters. The fraction of sp³-hybridized carbons (Fsp3) is 0.250. The van der Waals surface area contributed by atoms with E-state index in [1.165, 1.54) is 24.0 Å². The molecule has 0 radical (unpaired) electrons. The molecule has 3 aromatic carbocycles. The number of fused-ring (bicyclic) bond motifs is 1. The minimum Gasteiger partial charge on any atom is -0.345 e. The second-order valence-corrected chi connectivity index (χ2v) is 11.2. The molecule has 0 spiro atoms. The van der Waals surface area contributed by atoms with Crippen molar-refractivity contribution in [3.05, 3.63) is 96.1 Å². The Bertz CT molecular complexity index is 1410. The highest BCUT2D eigenvalue weighted by molar-refractivity contribution is 7.91. The number of para-hydroxylation sites is 1. The van der Waals surface area contributed by atoms with Crippen LogP contribution in [-0.4, -0.2) is 51.1 Å². The van der Waals surface area contributed by atoms with Crippen molar-refractivity contribution < 1.29 is 22.8 Å². The fourth-order valence-corrected chi connectivity index (χ4v) is 5.58. The molecule has 0 bridgehead atoms. The third-order valence-electron chi connectivity index (χ3n) is 6.41. The number of likely N-dealkylation sites (N-methyl/N-ethyl adjacent to an activating group) is 1. The molecule has 0 aromatic heterocycles. The largest absolute Gasteiger partial charge is 0.345 e. The van der Waals surface area contributed by atoms with Gasteiger partial charge in [0.2, 0.25) is 11.8 Å². The van der Waals surface area contributed by atoms with Crippen molar-refractivity contribution in [1.82, 2.24) is 16.0 Å². The van der Waals surface area contributed by atoms with Crippen LogP contribution in [-0.2, 0) is 24.2 Å². The highest BCUT2D eigenvalue weighted by atomic mass is 32.2. The van der Waals surface area contributed by atoms with Gasteiger partial charge in [0.25, 0.3) is 5.91 Å². The molecule has 3 N–H and O–H groups in total. The first-order valence-corrected chi connectivity index (χ1v) is 13.9. The molecule has 3 amide bonds. The minimum atomic E-state index is -3.63. The summed E-state index contributed by atoms with van der Waals surface area (Å²) >= 11 is 0. The molecule has 38 heavy (non-hydrogen) atoms. The lowest BCUT2D eigenvalue weighted by molar-refractivity contribution is -0.131. The van der Waals surface area contributed by atoms with Crippen LogP contribution in [0, 0.1) is 0 Å². The van der Waals surface area contributed by atoms with E-state index in [9.17, 15) is 22.8 Å². The number of rotatable bonds is 8. The average Bonchev–Trinajstić information content (AvgIpc) is 3.03. The minimum absolute atomic E-state index is 0.134. The smallest absolute Gasteiger partial charge is 0.264 e. The molecule has 0 aliphatic carbocycles. The van der Waals surface area contributed by atoms with Crippen molar-refractivity contribution >= 4 is 33.2 Å². The molecular weight excluding hydrogens is 504 g/mol. The monoisotopic (exact) mass is 534 g/mol. The van der Waals surface area contributed by atoms with Crippen LogP contribution < -0.4 is 20.9 Å². The van der Waals surface area contributed by atoms with Gasteiger partial charge in [-0.1, -0.05) is 66.7 Å². The van der Waals surface area contributed by atoms with Crippen LogP contribution in [0.1, 0.15) is 30.5 Å². The summed E-state index contributed by atoms with van der Waals surface area (Å²) < 4.78 is 24.9. The Kier molecular flexibility index (Phi) is 8.23. The lowest BCUT2D eigenvalue weighted by Crippen LogP contribution is -2.58. The Morgan fingerprint density at radius 1 is 0.947 bits per heavy atom. The van der Waals surface area contributed by atoms with Crippen molar-refractivity contribution in [1.29, 1.82) is 0 Å². The summed E-state index contributed by atoms with van der Waals surface area (Å²) in [6.45, 7) is 1.48. The summed E-state index contributed by atoms with van der Waals surface area (Å²) in [6.07, 6.45) is -1.37. The zero-order valence-corrected chi connectivity index (χ0v) is 21.9.